The number of aromatic nitrogens is 4. The summed E-state index contributed by atoms with van der Waals surface area (Å²) in [6.07, 6.45) is -3.46. The number of nitrogens with zero attached hydrogens (tertiary/aromatic N) is 5. The third-order valence-electron chi connectivity index (χ3n) is 5.01. The van der Waals surface area contributed by atoms with Gasteiger partial charge in [0.1, 0.15) is 6.04 Å². The van der Waals surface area contributed by atoms with Gasteiger partial charge in [0.05, 0.1) is 18.1 Å². The van der Waals surface area contributed by atoms with Gasteiger partial charge in [-0.2, -0.15) is 18.0 Å². The number of alkyl halides is 3. The Labute approximate surface area is 171 Å². The van der Waals surface area contributed by atoms with Crippen LogP contribution in [0.2, 0.25) is 0 Å². The van der Waals surface area contributed by atoms with Crippen LogP contribution in [0.5, 0.6) is 0 Å². The summed E-state index contributed by atoms with van der Waals surface area (Å²) in [5.41, 5.74) is -0.657. The van der Waals surface area contributed by atoms with Crippen molar-refractivity contribution in [3.05, 3.63) is 29.8 Å². The zero-order valence-corrected chi connectivity index (χ0v) is 16.6. The van der Waals surface area contributed by atoms with Crippen molar-refractivity contribution in [2.75, 3.05) is 19.7 Å². The maximum atomic E-state index is 12.9. The molecule has 1 aliphatic rings. The maximum absolute atomic E-state index is 12.9. The molecule has 0 bridgehead atoms. The van der Waals surface area contributed by atoms with E-state index in [4.69, 9.17) is 4.74 Å². The maximum Gasteiger partial charge on any atom is 0.416 e. The molecule has 0 saturated carbocycles. The molecule has 1 atom stereocenters. The second-order valence-corrected chi connectivity index (χ2v) is 7.04. The van der Waals surface area contributed by atoms with Crippen LogP contribution < -0.4 is 0 Å². The number of halogens is 3. The van der Waals surface area contributed by atoms with Gasteiger partial charge in [0, 0.05) is 18.7 Å². The van der Waals surface area contributed by atoms with Crippen molar-refractivity contribution in [3.63, 3.8) is 0 Å². The van der Waals surface area contributed by atoms with Crippen molar-refractivity contribution in [2.24, 2.45) is 5.92 Å². The van der Waals surface area contributed by atoms with Crippen molar-refractivity contribution >= 4 is 11.9 Å². The Bertz CT molecular complexity index is 907. The number of hydrogen-bond donors (Lipinski definition) is 0. The molecule has 1 amide bonds. The second kappa shape index (κ2) is 8.80. The van der Waals surface area contributed by atoms with E-state index in [-0.39, 0.29) is 29.2 Å². The van der Waals surface area contributed by atoms with Gasteiger partial charge in [0.25, 0.3) is 0 Å². The third kappa shape index (κ3) is 4.77. The van der Waals surface area contributed by atoms with Crippen LogP contribution in [0.4, 0.5) is 13.2 Å². The van der Waals surface area contributed by atoms with E-state index in [2.05, 4.69) is 15.4 Å². The molecule has 1 aliphatic heterocycles. The van der Waals surface area contributed by atoms with Crippen LogP contribution in [0.25, 0.3) is 11.4 Å². The number of piperidine rings is 1. The molecule has 2 heterocycles. The summed E-state index contributed by atoms with van der Waals surface area (Å²) >= 11 is 0. The normalized spacial score (nSPS) is 16.4. The Morgan fingerprint density at radius 1 is 1.27 bits per heavy atom. The van der Waals surface area contributed by atoms with Gasteiger partial charge in [-0.25, -0.2) is 0 Å². The van der Waals surface area contributed by atoms with Crippen LogP contribution in [0.15, 0.2) is 24.3 Å². The lowest BCUT2D eigenvalue weighted by molar-refractivity contribution is -0.151. The van der Waals surface area contributed by atoms with E-state index < -0.39 is 17.8 Å². The molecule has 0 unspecified atom stereocenters. The van der Waals surface area contributed by atoms with E-state index in [1.807, 2.05) is 0 Å². The standard InChI is InChI=1S/C19H22F3N5O3/c1-3-30-18(29)13-7-9-26(10-8-13)17(28)12(2)27-24-16(23-25-27)14-5-4-6-15(11-14)19(20,21)22/h4-6,11-13H,3,7-10H2,1-2H3/t12-/m0/s1. The van der Waals surface area contributed by atoms with Crippen LogP contribution in [0.1, 0.15) is 38.3 Å². The molecule has 1 aromatic carbocycles. The zero-order valence-electron chi connectivity index (χ0n) is 16.6. The molecule has 1 fully saturated rings. The molecule has 162 valence electrons. The number of amides is 1. The van der Waals surface area contributed by atoms with Crippen LogP contribution in [0.3, 0.4) is 0 Å². The number of hydrogen-bond acceptors (Lipinski definition) is 6. The number of esters is 1. The number of carbonyl (C=O) groups excluding carboxylic acids is 2. The molecule has 3 rings (SSSR count). The summed E-state index contributed by atoms with van der Waals surface area (Å²) in [7, 11) is 0. The van der Waals surface area contributed by atoms with Gasteiger partial charge >= 0.3 is 12.1 Å². The van der Waals surface area contributed by atoms with Gasteiger partial charge in [-0.1, -0.05) is 12.1 Å². The van der Waals surface area contributed by atoms with Gasteiger partial charge in [-0.05, 0) is 44.0 Å². The number of rotatable bonds is 5. The highest BCUT2D eigenvalue weighted by molar-refractivity contribution is 5.80. The number of benzene rings is 1. The topological polar surface area (TPSA) is 90.2 Å². The molecule has 0 N–H and O–H groups in total. The number of tetrazole rings is 1. The smallest absolute Gasteiger partial charge is 0.416 e. The Balaban J connectivity index is 1.66. The monoisotopic (exact) mass is 425 g/mol. The number of likely N-dealkylation sites (tertiary alicyclic amines) is 1. The molecule has 11 heteroatoms. The number of carbonyl (C=O) groups is 2. The van der Waals surface area contributed by atoms with Crippen LogP contribution >= 0.6 is 0 Å². The van der Waals surface area contributed by atoms with Gasteiger partial charge in [0.2, 0.25) is 11.7 Å². The van der Waals surface area contributed by atoms with Crippen LogP contribution in [0, 0.1) is 5.92 Å². The predicted octanol–water partition coefficient (Wildman–Crippen LogP) is 2.72. The van der Waals surface area contributed by atoms with E-state index in [1.54, 1.807) is 18.7 Å². The molecule has 0 aliphatic carbocycles. The average molecular weight is 425 g/mol. The van der Waals surface area contributed by atoms with E-state index in [1.165, 1.54) is 12.1 Å². The zero-order chi connectivity index (χ0) is 21.9. The first kappa shape index (κ1) is 21.7. The highest BCUT2D eigenvalue weighted by Crippen LogP contribution is 2.31. The molecule has 1 saturated heterocycles. The van der Waals surface area contributed by atoms with E-state index in [9.17, 15) is 22.8 Å². The van der Waals surface area contributed by atoms with E-state index in [0.29, 0.717) is 32.5 Å². The van der Waals surface area contributed by atoms with Crippen molar-refractivity contribution in [2.45, 2.75) is 38.9 Å². The SMILES string of the molecule is CCOC(=O)C1CCN(C(=O)[C@H](C)n2nnc(-c3cccc(C(F)(F)F)c3)n2)CC1. The summed E-state index contributed by atoms with van der Waals surface area (Å²) < 4.78 is 43.7. The fraction of sp³-hybridized carbons (Fsp3) is 0.526. The first-order valence-electron chi connectivity index (χ1n) is 9.63. The molecule has 1 aromatic heterocycles. The van der Waals surface area contributed by atoms with Crippen molar-refractivity contribution in [3.8, 4) is 11.4 Å². The molecular weight excluding hydrogens is 403 g/mol. The fourth-order valence-electron chi connectivity index (χ4n) is 3.30. The van der Waals surface area contributed by atoms with Gasteiger partial charge in [-0.3, -0.25) is 9.59 Å². The molecular formula is C19H22F3N5O3. The summed E-state index contributed by atoms with van der Waals surface area (Å²) in [5.74, 6) is -0.713. The molecule has 0 spiro atoms. The Morgan fingerprint density at radius 2 is 1.97 bits per heavy atom. The average Bonchev–Trinajstić information content (AvgIpc) is 3.23. The quantitative estimate of drug-likeness (QED) is 0.685. The molecule has 0 radical (unpaired) electrons. The summed E-state index contributed by atoms with van der Waals surface area (Å²) in [6, 6.07) is 3.83. The third-order valence-corrected chi connectivity index (χ3v) is 5.01. The van der Waals surface area contributed by atoms with Gasteiger partial charge < -0.3 is 9.64 Å². The van der Waals surface area contributed by atoms with Crippen molar-refractivity contribution in [1.82, 2.24) is 25.1 Å². The Morgan fingerprint density at radius 3 is 2.60 bits per heavy atom. The molecule has 8 nitrogen and oxygen atoms in total. The predicted molar refractivity (Wildman–Crippen MR) is 98.9 cm³/mol. The van der Waals surface area contributed by atoms with Crippen LogP contribution in [-0.2, 0) is 20.5 Å². The molecule has 2 aromatic rings. The lowest BCUT2D eigenvalue weighted by Gasteiger charge is -2.32. The first-order valence-corrected chi connectivity index (χ1v) is 9.63. The minimum absolute atomic E-state index is 0.00164. The van der Waals surface area contributed by atoms with Gasteiger partial charge in [-0.15, -0.1) is 10.2 Å². The summed E-state index contributed by atoms with van der Waals surface area (Å²) in [6.45, 7) is 4.47. The minimum Gasteiger partial charge on any atom is -0.466 e. The second-order valence-electron chi connectivity index (χ2n) is 7.04. The summed E-state index contributed by atoms with van der Waals surface area (Å²) in [4.78, 5) is 27.3. The Hall–Kier alpha value is -2.98. The number of ether oxygens (including phenoxy) is 1. The van der Waals surface area contributed by atoms with E-state index in [0.717, 1.165) is 16.9 Å². The first-order chi connectivity index (χ1) is 14.2. The molecule has 30 heavy (non-hydrogen) atoms. The highest BCUT2D eigenvalue weighted by Gasteiger charge is 2.32. The highest BCUT2D eigenvalue weighted by atomic mass is 19.4. The van der Waals surface area contributed by atoms with Crippen LogP contribution in [-0.4, -0.2) is 56.7 Å². The summed E-state index contributed by atoms with van der Waals surface area (Å²) in [5, 5.41) is 11.7. The van der Waals surface area contributed by atoms with Crippen molar-refractivity contribution in [1.29, 1.82) is 0 Å². The van der Waals surface area contributed by atoms with Crippen molar-refractivity contribution < 1.29 is 27.5 Å². The largest absolute Gasteiger partial charge is 0.466 e. The van der Waals surface area contributed by atoms with Gasteiger partial charge in [0.15, 0.2) is 0 Å². The minimum atomic E-state index is -4.48. The lowest BCUT2D eigenvalue weighted by Crippen LogP contribution is -2.43. The lowest BCUT2D eigenvalue weighted by atomic mass is 9.96. The Kier molecular flexibility index (Phi) is 6.37. The fourth-order valence-corrected chi connectivity index (χ4v) is 3.30. The van der Waals surface area contributed by atoms with E-state index >= 15 is 0 Å².